The molecule has 97 valence electrons. The van der Waals surface area contributed by atoms with Crippen LogP contribution in [0.5, 0.6) is 11.5 Å². The lowest BCUT2D eigenvalue weighted by Gasteiger charge is -2.10. The van der Waals surface area contributed by atoms with Crippen LogP contribution in [0.4, 0.5) is 0 Å². The largest absolute Gasteiger partial charge is 0.496 e. The predicted octanol–water partition coefficient (Wildman–Crippen LogP) is 2.90. The van der Waals surface area contributed by atoms with Gasteiger partial charge in [0.1, 0.15) is 25.8 Å². The van der Waals surface area contributed by atoms with Gasteiger partial charge in [-0.1, -0.05) is 19.0 Å². The Morgan fingerprint density at radius 2 is 1.74 bits per heavy atom. The maximum atomic E-state index is 5.42. The normalized spacial score (nSPS) is 10.2. The van der Waals surface area contributed by atoms with Crippen LogP contribution >= 0.6 is 0 Å². The number of rotatable bonds is 2. The van der Waals surface area contributed by atoms with Crippen LogP contribution < -0.4 is 9.47 Å². The number of hydrogen-bond donors (Lipinski definition) is 0. The summed E-state index contributed by atoms with van der Waals surface area (Å²) in [5, 5.41) is 0.917. The highest BCUT2D eigenvalue weighted by molar-refractivity contribution is 6.64. The third-order valence-corrected chi connectivity index (χ3v) is 3.33. The van der Waals surface area contributed by atoms with Gasteiger partial charge >= 0.3 is 0 Å². The van der Waals surface area contributed by atoms with Crippen molar-refractivity contribution in [3.8, 4) is 23.0 Å². The molecule has 2 rings (SSSR count). The number of methoxy groups -OCH3 is 2. The number of benzene rings is 1. The van der Waals surface area contributed by atoms with Gasteiger partial charge in [-0.05, 0) is 18.2 Å². The van der Waals surface area contributed by atoms with E-state index in [4.69, 9.17) is 9.47 Å². The second kappa shape index (κ2) is 5.76. The molecule has 1 heterocycles. The Hall–Kier alpha value is -1.99. The van der Waals surface area contributed by atoms with Crippen LogP contribution in [0.3, 0.4) is 0 Å². The molecule has 19 heavy (non-hydrogen) atoms. The molecule has 0 aliphatic carbocycles. The second-order valence-electron chi connectivity index (χ2n) is 4.30. The number of fused-ring (bicyclic) bond motifs is 1. The molecule has 0 saturated carbocycles. The summed E-state index contributed by atoms with van der Waals surface area (Å²) in [7, 11) is 2.70. The van der Waals surface area contributed by atoms with E-state index in [1.807, 2.05) is 18.2 Å². The Balaban J connectivity index is 2.76. The summed E-state index contributed by atoms with van der Waals surface area (Å²) in [6, 6.07) is 5.67. The van der Waals surface area contributed by atoms with Crippen molar-refractivity contribution >= 4 is 19.7 Å². The van der Waals surface area contributed by atoms with Crippen LogP contribution in [-0.2, 0) is 0 Å². The van der Waals surface area contributed by atoms with E-state index in [2.05, 4.69) is 29.5 Å². The molecule has 0 fully saturated rings. The third-order valence-electron chi connectivity index (χ3n) is 2.70. The molecule has 2 aromatic rings. The Morgan fingerprint density at radius 1 is 1.05 bits per heavy atom. The van der Waals surface area contributed by atoms with Gasteiger partial charge in [0, 0.05) is 11.8 Å². The maximum absolute atomic E-state index is 5.42. The van der Waals surface area contributed by atoms with Gasteiger partial charge in [0.05, 0.1) is 19.6 Å². The number of pyridine rings is 1. The lowest BCUT2D eigenvalue weighted by atomic mass is 10.1. The van der Waals surface area contributed by atoms with Crippen molar-refractivity contribution in [2.45, 2.75) is 13.1 Å². The molecule has 0 atom stereocenters. The van der Waals surface area contributed by atoms with Crippen LogP contribution in [0, 0.1) is 11.5 Å². The molecule has 0 bridgehead atoms. The molecule has 1 aromatic carbocycles. The van der Waals surface area contributed by atoms with Gasteiger partial charge < -0.3 is 9.47 Å². The lowest BCUT2D eigenvalue weighted by Crippen LogP contribution is -1.96. The predicted molar refractivity (Wildman–Crippen MR) is 79.2 cm³/mol. The molecule has 0 aliphatic heterocycles. The van der Waals surface area contributed by atoms with E-state index in [9.17, 15) is 0 Å². The van der Waals surface area contributed by atoms with E-state index in [0.717, 1.165) is 28.0 Å². The van der Waals surface area contributed by atoms with Crippen molar-refractivity contribution in [2.75, 3.05) is 14.2 Å². The van der Waals surface area contributed by atoms with Crippen molar-refractivity contribution in [2.24, 2.45) is 0 Å². The summed E-state index contributed by atoms with van der Waals surface area (Å²) in [6.07, 6.45) is 1.76. The summed E-state index contributed by atoms with van der Waals surface area (Å²) < 4.78 is 10.8. The molecule has 0 aliphatic rings. The van der Waals surface area contributed by atoms with Crippen molar-refractivity contribution in [1.29, 1.82) is 0 Å². The first kappa shape index (κ1) is 13.4. The average Bonchev–Trinajstić information content (AvgIpc) is 2.43. The molecule has 0 spiro atoms. The van der Waals surface area contributed by atoms with Crippen LogP contribution in [-0.4, -0.2) is 28.0 Å². The molecule has 1 aromatic heterocycles. The summed E-state index contributed by atoms with van der Waals surface area (Å²) >= 11 is 0. The Kier molecular flexibility index (Phi) is 4.08. The van der Waals surface area contributed by atoms with E-state index in [-0.39, 0.29) is 0 Å². The number of hydrogen-bond acceptors (Lipinski definition) is 3. The van der Waals surface area contributed by atoms with Gasteiger partial charge in [-0.2, -0.15) is 0 Å². The van der Waals surface area contributed by atoms with Crippen molar-refractivity contribution in [3.63, 3.8) is 0 Å². The minimum absolute atomic E-state index is 0.588. The monoisotopic (exact) mass is 270 g/mol. The highest BCUT2D eigenvalue weighted by atomic mass is 28.3. The minimum Gasteiger partial charge on any atom is -0.496 e. The van der Waals surface area contributed by atoms with E-state index in [0.29, 0.717) is 0 Å². The van der Waals surface area contributed by atoms with Crippen LogP contribution in [0.25, 0.3) is 10.9 Å². The summed E-state index contributed by atoms with van der Waals surface area (Å²) in [6.45, 7) is 4.33. The first-order valence-corrected chi connectivity index (χ1v) is 8.49. The highest BCUT2D eigenvalue weighted by Gasteiger charge is 2.11. The zero-order chi connectivity index (χ0) is 13.8. The van der Waals surface area contributed by atoms with Crippen LogP contribution in [0.1, 0.15) is 5.56 Å². The smallest absolute Gasteiger partial charge is 0.145 e. The first-order chi connectivity index (χ1) is 9.17. The summed E-state index contributed by atoms with van der Waals surface area (Å²) in [5.74, 6) is 4.74. The fourth-order valence-electron chi connectivity index (χ4n) is 1.84. The Labute approximate surface area is 115 Å². The lowest BCUT2D eigenvalue weighted by molar-refractivity contribution is 0.409. The van der Waals surface area contributed by atoms with Crippen molar-refractivity contribution in [3.05, 3.63) is 30.0 Å². The fraction of sp³-hybridized carbons (Fsp3) is 0.267. The number of ether oxygens (including phenoxy) is 2. The maximum Gasteiger partial charge on any atom is 0.145 e. The van der Waals surface area contributed by atoms with E-state index < -0.39 is 8.80 Å². The van der Waals surface area contributed by atoms with Crippen LogP contribution in [0.2, 0.25) is 13.1 Å². The number of aromatic nitrogens is 1. The van der Waals surface area contributed by atoms with Gasteiger partial charge in [-0.25, -0.2) is 0 Å². The third kappa shape index (κ3) is 2.72. The molecule has 0 N–H and O–H groups in total. The quantitative estimate of drug-likeness (QED) is 0.621. The van der Waals surface area contributed by atoms with Gasteiger partial charge in [0.25, 0.3) is 0 Å². The highest BCUT2D eigenvalue weighted by Crippen LogP contribution is 2.33. The standard InChI is InChI=1S/C15H16NO2Si/c1-17-12-5-6-13(18-2)15-14(12)11(7-9-16-15)8-10-19(3)4/h5-7,9H,1-4H3. The van der Waals surface area contributed by atoms with Crippen LogP contribution in [0.15, 0.2) is 24.4 Å². The second-order valence-corrected chi connectivity index (χ2v) is 6.55. The Morgan fingerprint density at radius 3 is 2.37 bits per heavy atom. The molecule has 0 unspecified atom stereocenters. The minimum atomic E-state index is -0.588. The molecular formula is C15H16NO2Si. The molecule has 1 radical (unpaired) electrons. The molecular weight excluding hydrogens is 254 g/mol. The summed E-state index contributed by atoms with van der Waals surface area (Å²) in [5.41, 5.74) is 4.99. The van der Waals surface area contributed by atoms with Gasteiger partial charge in [-0.15, -0.1) is 5.54 Å². The topological polar surface area (TPSA) is 31.4 Å². The summed E-state index contributed by atoms with van der Waals surface area (Å²) in [4.78, 5) is 4.38. The van der Waals surface area contributed by atoms with Gasteiger partial charge in [0.15, 0.2) is 0 Å². The zero-order valence-electron chi connectivity index (χ0n) is 11.6. The van der Waals surface area contributed by atoms with Gasteiger partial charge in [0.2, 0.25) is 0 Å². The average molecular weight is 270 g/mol. The SMILES string of the molecule is COc1ccc(OC)c2c(C#C[Si](C)C)ccnc12. The molecule has 4 heteroatoms. The fourth-order valence-corrected chi connectivity index (χ4v) is 2.23. The van der Waals surface area contributed by atoms with E-state index in [1.54, 1.807) is 20.4 Å². The Bertz CT molecular complexity index is 656. The van der Waals surface area contributed by atoms with Crippen molar-refractivity contribution in [1.82, 2.24) is 4.98 Å². The zero-order valence-corrected chi connectivity index (χ0v) is 12.6. The van der Waals surface area contributed by atoms with E-state index in [1.165, 1.54) is 0 Å². The molecule has 0 saturated heterocycles. The first-order valence-electron chi connectivity index (χ1n) is 5.99. The van der Waals surface area contributed by atoms with E-state index >= 15 is 0 Å². The van der Waals surface area contributed by atoms with Gasteiger partial charge in [-0.3, -0.25) is 4.98 Å². The molecule has 0 amide bonds. The van der Waals surface area contributed by atoms with Crippen molar-refractivity contribution < 1.29 is 9.47 Å². The molecule has 3 nitrogen and oxygen atoms in total. The number of nitrogens with zero attached hydrogens (tertiary/aromatic N) is 1.